The van der Waals surface area contributed by atoms with E-state index in [1.165, 1.54) is 0 Å². The van der Waals surface area contributed by atoms with Gasteiger partial charge in [-0.1, -0.05) is 11.6 Å². The molecule has 0 aliphatic rings. The van der Waals surface area contributed by atoms with Crippen molar-refractivity contribution in [2.75, 3.05) is 0 Å². The van der Waals surface area contributed by atoms with E-state index in [9.17, 15) is 9.59 Å². The lowest BCUT2D eigenvalue weighted by Gasteiger charge is -2.25. The van der Waals surface area contributed by atoms with Crippen LogP contribution in [-0.2, 0) is 4.79 Å². The molecule has 0 fully saturated rings. The Hall–Kier alpha value is -1.55. The number of hydrogen-bond donors (Lipinski definition) is 2. The summed E-state index contributed by atoms with van der Waals surface area (Å²) in [5.74, 6) is -1.11. The van der Waals surface area contributed by atoms with Crippen molar-refractivity contribution >= 4 is 23.5 Å². The summed E-state index contributed by atoms with van der Waals surface area (Å²) in [6.07, 6.45) is 0.398. The summed E-state index contributed by atoms with van der Waals surface area (Å²) >= 11 is 5.74. The Bertz CT molecular complexity index is 440. The van der Waals surface area contributed by atoms with Gasteiger partial charge in [-0.25, -0.2) is 0 Å². The molecular weight excluding hydrogens is 254 g/mol. The van der Waals surface area contributed by atoms with E-state index in [-0.39, 0.29) is 12.3 Å². The van der Waals surface area contributed by atoms with Crippen LogP contribution in [0.25, 0.3) is 0 Å². The van der Waals surface area contributed by atoms with Crippen molar-refractivity contribution in [1.82, 2.24) is 5.32 Å². The molecule has 1 aromatic carbocycles. The maximum atomic E-state index is 11.9. The standard InChI is InChI=1S/C13H16ClNO3/c1-13(2,8-7-11(16)17)15-12(18)9-3-5-10(14)6-4-9/h3-6H,7-8H2,1-2H3,(H,15,18)(H,16,17). The number of benzene rings is 1. The minimum atomic E-state index is -0.871. The average molecular weight is 270 g/mol. The third-order valence-electron chi connectivity index (χ3n) is 2.52. The quantitative estimate of drug-likeness (QED) is 0.864. The Morgan fingerprint density at radius 1 is 1.28 bits per heavy atom. The van der Waals surface area contributed by atoms with Crippen molar-refractivity contribution in [2.45, 2.75) is 32.2 Å². The van der Waals surface area contributed by atoms with Gasteiger partial charge in [0.05, 0.1) is 0 Å². The average Bonchev–Trinajstić information content (AvgIpc) is 2.27. The summed E-state index contributed by atoms with van der Waals surface area (Å²) in [6, 6.07) is 6.54. The maximum absolute atomic E-state index is 11.9. The predicted molar refractivity (Wildman–Crippen MR) is 69.9 cm³/mol. The number of nitrogens with one attached hydrogen (secondary N) is 1. The molecule has 0 saturated heterocycles. The van der Waals surface area contributed by atoms with Crippen LogP contribution in [0.4, 0.5) is 0 Å². The first kappa shape index (κ1) is 14.5. The van der Waals surface area contributed by atoms with Gasteiger partial charge in [-0.3, -0.25) is 9.59 Å². The SMILES string of the molecule is CC(C)(CCC(=O)O)NC(=O)c1ccc(Cl)cc1. The van der Waals surface area contributed by atoms with Crippen LogP contribution in [0.1, 0.15) is 37.0 Å². The van der Waals surface area contributed by atoms with Crippen LogP contribution in [-0.4, -0.2) is 22.5 Å². The van der Waals surface area contributed by atoms with Crippen molar-refractivity contribution in [2.24, 2.45) is 0 Å². The van der Waals surface area contributed by atoms with E-state index in [0.29, 0.717) is 17.0 Å². The van der Waals surface area contributed by atoms with E-state index in [1.807, 2.05) is 0 Å². The molecule has 98 valence electrons. The molecule has 4 nitrogen and oxygen atoms in total. The van der Waals surface area contributed by atoms with Gasteiger partial charge in [-0.05, 0) is 44.5 Å². The second kappa shape index (κ2) is 5.87. The third kappa shape index (κ3) is 4.75. The molecule has 0 spiro atoms. The summed E-state index contributed by atoms with van der Waals surface area (Å²) in [7, 11) is 0. The van der Waals surface area contributed by atoms with Gasteiger partial charge in [0.1, 0.15) is 0 Å². The predicted octanol–water partition coefficient (Wildman–Crippen LogP) is 2.71. The fourth-order valence-corrected chi connectivity index (χ4v) is 1.59. The molecule has 18 heavy (non-hydrogen) atoms. The van der Waals surface area contributed by atoms with Crippen LogP contribution in [0.3, 0.4) is 0 Å². The van der Waals surface area contributed by atoms with Gasteiger partial charge >= 0.3 is 5.97 Å². The lowest BCUT2D eigenvalue weighted by atomic mass is 9.98. The zero-order valence-corrected chi connectivity index (χ0v) is 11.1. The van der Waals surface area contributed by atoms with Crippen molar-refractivity contribution < 1.29 is 14.7 Å². The summed E-state index contributed by atoms with van der Waals surface area (Å²) in [6.45, 7) is 3.59. The maximum Gasteiger partial charge on any atom is 0.303 e. The fourth-order valence-electron chi connectivity index (χ4n) is 1.46. The van der Waals surface area contributed by atoms with Crippen LogP contribution in [0.2, 0.25) is 5.02 Å². The molecule has 1 aromatic rings. The fraction of sp³-hybridized carbons (Fsp3) is 0.385. The second-order valence-electron chi connectivity index (χ2n) is 4.74. The molecule has 5 heteroatoms. The van der Waals surface area contributed by atoms with Crippen molar-refractivity contribution in [3.05, 3.63) is 34.9 Å². The van der Waals surface area contributed by atoms with E-state index in [1.54, 1.807) is 38.1 Å². The number of amides is 1. The van der Waals surface area contributed by atoms with E-state index in [0.717, 1.165) is 0 Å². The zero-order chi connectivity index (χ0) is 13.8. The molecule has 0 aromatic heterocycles. The van der Waals surface area contributed by atoms with Crippen molar-refractivity contribution in [3.63, 3.8) is 0 Å². The summed E-state index contributed by atoms with van der Waals surface area (Å²) in [5.41, 5.74) is -0.0578. The van der Waals surface area contributed by atoms with Gasteiger partial charge in [0.2, 0.25) is 0 Å². The minimum absolute atomic E-state index is 0.0217. The Morgan fingerprint density at radius 3 is 2.33 bits per heavy atom. The molecule has 2 N–H and O–H groups in total. The number of carbonyl (C=O) groups excluding carboxylic acids is 1. The summed E-state index contributed by atoms with van der Waals surface area (Å²) in [5, 5.41) is 12.0. The monoisotopic (exact) mass is 269 g/mol. The zero-order valence-electron chi connectivity index (χ0n) is 10.4. The molecule has 0 heterocycles. The summed E-state index contributed by atoms with van der Waals surface area (Å²) < 4.78 is 0. The number of halogens is 1. The van der Waals surface area contributed by atoms with Crippen LogP contribution in [0.15, 0.2) is 24.3 Å². The van der Waals surface area contributed by atoms with E-state index in [2.05, 4.69) is 5.32 Å². The lowest BCUT2D eigenvalue weighted by Crippen LogP contribution is -2.43. The van der Waals surface area contributed by atoms with Crippen molar-refractivity contribution in [1.29, 1.82) is 0 Å². The third-order valence-corrected chi connectivity index (χ3v) is 2.77. The molecule has 0 atom stereocenters. The first-order valence-corrected chi connectivity index (χ1v) is 5.98. The van der Waals surface area contributed by atoms with E-state index < -0.39 is 11.5 Å². The van der Waals surface area contributed by atoms with Crippen molar-refractivity contribution in [3.8, 4) is 0 Å². The minimum Gasteiger partial charge on any atom is -0.481 e. The van der Waals surface area contributed by atoms with Gasteiger partial charge in [-0.2, -0.15) is 0 Å². The Labute approximate surface area is 111 Å². The number of carboxylic acids is 1. The summed E-state index contributed by atoms with van der Waals surface area (Å²) in [4.78, 5) is 22.4. The van der Waals surface area contributed by atoms with Crippen LogP contribution in [0, 0.1) is 0 Å². The van der Waals surface area contributed by atoms with Gasteiger partial charge in [0.15, 0.2) is 0 Å². The Balaban J connectivity index is 2.63. The number of aliphatic carboxylic acids is 1. The molecule has 1 rings (SSSR count). The van der Waals surface area contributed by atoms with Crippen LogP contribution < -0.4 is 5.32 Å². The van der Waals surface area contributed by atoms with Gasteiger partial charge in [0, 0.05) is 22.5 Å². The highest BCUT2D eigenvalue weighted by Crippen LogP contribution is 2.14. The molecule has 1 amide bonds. The normalized spacial score (nSPS) is 11.1. The van der Waals surface area contributed by atoms with E-state index in [4.69, 9.17) is 16.7 Å². The largest absolute Gasteiger partial charge is 0.481 e. The number of rotatable bonds is 5. The smallest absolute Gasteiger partial charge is 0.303 e. The molecule has 0 aliphatic heterocycles. The topological polar surface area (TPSA) is 66.4 Å². The molecule has 0 radical (unpaired) electrons. The second-order valence-corrected chi connectivity index (χ2v) is 5.18. The highest BCUT2D eigenvalue weighted by Gasteiger charge is 2.22. The molecule has 0 unspecified atom stereocenters. The van der Waals surface area contributed by atoms with Crippen LogP contribution in [0.5, 0.6) is 0 Å². The van der Waals surface area contributed by atoms with Crippen LogP contribution >= 0.6 is 11.6 Å². The van der Waals surface area contributed by atoms with E-state index >= 15 is 0 Å². The first-order valence-electron chi connectivity index (χ1n) is 5.60. The van der Waals surface area contributed by atoms with Gasteiger partial charge < -0.3 is 10.4 Å². The molecule has 0 aliphatic carbocycles. The number of hydrogen-bond acceptors (Lipinski definition) is 2. The Kier molecular flexibility index (Phi) is 4.73. The Morgan fingerprint density at radius 2 is 1.83 bits per heavy atom. The highest BCUT2D eigenvalue weighted by atomic mass is 35.5. The number of carbonyl (C=O) groups is 2. The van der Waals surface area contributed by atoms with Gasteiger partial charge in [0.25, 0.3) is 5.91 Å². The molecule has 0 bridgehead atoms. The highest BCUT2D eigenvalue weighted by molar-refractivity contribution is 6.30. The first-order chi connectivity index (χ1) is 8.30. The number of carboxylic acid groups (broad SMARTS) is 1. The van der Waals surface area contributed by atoms with Gasteiger partial charge in [-0.15, -0.1) is 0 Å². The molecule has 0 saturated carbocycles. The molecular formula is C13H16ClNO3. The lowest BCUT2D eigenvalue weighted by molar-refractivity contribution is -0.137.